The number of ether oxygens (including phenoxy) is 2. The Morgan fingerprint density at radius 2 is 2.21 bits per heavy atom. The number of hydrogen-bond acceptors (Lipinski definition) is 5. The smallest absolute Gasteiger partial charge is 0.237 e. The van der Waals surface area contributed by atoms with Crippen LogP contribution in [0.5, 0.6) is 5.88 Å². The van der Waals surface area contributed by atoms with Crippen molar-refractivity contribution in [2.24, 2.45) is 7.05 Å². The van der Waals surface area contributed by atoms with Gasteiger partial charge >= 0.3 is 0 Å². The van der Waals surface area contributed by atoms with Crippen molar-refractivity contribution in [3.05, 3.63) is 11.3 Å². The maximum Gasteiger partial charge on any atom is 0.237 e. The number of carbonyl (C=O) groups is 1. The minimum Gasteiger partial charge on any atom is -0.481 e. The average molecular weight is 338 g/mol. The lowest BCUT2D eigenvalue weighted by Gasteiger charge is -2.30. The molecule has 24 heavy (non-hydrogen) atoms. The second-order valence-electron chi connectivity index (χ2n) is 6.34. The number of amides is 1. The minimum atomic E-state index is -0.177. The lowest BCUT2D eigenvalue weighted by atomic mass is 10.0. The van der Waals surface area contributed by atoms with Gasteiger partial charge in [-0.05, 0) is 39.7 Å². The molecule has 0 saturated carbocycles. The zero-order valence-corrected chi connectivity index (χ0v) is 15.5. The van der Waals surface area contributed by atoms with Crippen molar-refractivity contribution in [3.63, 3.8) is 0 Å². The van der Waals surface area contributed by atoms with Crippen molar-refractivity contribution in [1.29, 1.82) is 0 Å². The fourth-order valence-electron chi connectivity index (χ4n) is 3.57. The molecule has 2 heterocycles. The van der Waals surface area contributed by atoms with Crippen molar-refractivity contribution < 1.29 is 14.3 Å². The maximum atomic E-state index is 12.5. The summed E-state index contributed by atoms with van der Waals surface area (Å²) >= 11 is 0. The third kappa shape index (κ3) is 3.89. The number of hydrogen-bond donors (Lipinski definition) is 1. The van der Waals surface area contributed by atoms with Crippen LogP contribution in [0.4, 0.5) is 0 Å². The molecule has 0 bridgehead atoms. The van der Waals surface area contributed by atoms with E-state index < -0.39 is 0 Å². The first kappa shape index (κ1) is 18.7. The molecule has 1 amide bonds. The molecule has 7 heteroatoms. The standard InChI is InChI=1S/C17H30N4O3/c1-12-15(17(24-5)20(3)19-12)14-8-6-10-21(14)13(2)16(22)18-9-7-11-23-4/h13-14H,6-11H2,1-5H3,(H,18,22)/t13-,14+/m0/s1. The predicted octanol–water partition coefficient (Wildman–Crippen LogP) is 1.42. The number of nitrogens with zero attached hydrogens (tertiary/aromatic N) is 3. The van der Waals surface area contributed by atoms with Crippen LogP contribution in [0.25, 0.3) is 0 Å². The van der Waals surface area contributed by atoms with Gasteiger partial charge in [-0.3, -0.25) is 9.69 Å². The molecule has 1 fully saturated rings. The van der Waals surface area contributed by atoms with Crippen LogP contribution in [-0.4, -0.2) is 60.5 Å². The highest BCUT2D eigenvalue weighted by atomic mass is 16.5. The van der Waals surface area contributed by atoms with Gasteiger partial charge in [-0.2, -0.15) is 5.10 Å². The Balaban J connectivity index is 2.09. The van der Waals surface area contributed by atoms with Gasteiger partial charge in [-0.25, -0.2) is 4.68 Å². The number of nitrogens with one attached hydrogen (secondary N) is 1. The minimum absolute atomic E-state index is 0.0681. The van der Waals surface area contributed by atoms with Crippen LogP contribution in [0.3, 0.4) is 0 Å². The largest absolute Gasteiger partial charge is 0.481 e. The first-order chi connectivity index (χ1) is 11.5. The Morgan fingerprint density at radius 3 is 2.88 bits per heavy atom. The van der Waals surface area contributed by atoms with Gasteiger partial charge in [-0.15, -0.1) is 0 Å². The summed E-state index contributed by atoms with van der Waals surface area (Å²) in [7, 11) is 5.23. The Morgan fingerprint density at radius 1 is 1.46 bits per heavy atom. The summed E-state index contributed by atoms with van der Waals surface area (Å²) in [5, 5.41) is 7.49. The van der Waals surface area contributed by atoms with E-state index in [-0.39, 0.29) is 18.0 Å². The van der Waals surface area contributed by atoms with E-state index >= 15 is 0 Å². The van der Waals surface area contributed by atoms with Gasteiger partial charge in [0.25, 0.3) is 0 Å². The monoisotopic (exact) mass is 338 g/mol. The zero-order valence-electron chi connectivity index (χ0n) is 15.5. The van der Waals surface area contributed by atoms with Crippen molar-refractivity contribution in [3.8, 4) is 5.88 Å². The Hall–Kier alpha value is -1.60. The molecule has 1 N–H and O–H groups in total. The highest BCUT2D eigenvalue weighted by Crippen LogP contribution is 2.39. The molecule has 1 aliphatic heterocycles. The molecule has 0 spiro atoms. The summed E-state index contributed by atoms with van der Waals surface area (Å²) in [6, 6.07) is -0.00210. The van der Waals surface area contributed by atoms with Crippen LogP contribution in [-0.2, 0) is 16.6 Å². The van der Waals surface area contributed by atoms with Gasteiger partial charge in [0.1, 0.15) is 0 Å². The van der Waals surface area contributed by atoms with Crippen molar-refractivity contribution >= 4 is 5.91 Å². The highest BCUT2D eigenvalue weighted by Gasteiger charge is 2.36. The molecule has 1 aromatic rings. The zero-order chi connectivity index (χ0) is 17.7. The van der Waals surface area contributed by atoms with Gasteiger partial charge in [0.2, 0.25) is 11.8 Å². The molecular formula is C17H30N4O3. The van der Waals surface area contributed by atoms with Crippen molar-refractivity contribution in [1.82, 2.24) is 20.0 Å². The summed E-state index contributed by atoms with van der Waals surface area (Å²) in [4.78, 5) is 14.7. The Kier molecular flexibility index (Phi) is 6.62. The SMILES string of the molecule is COCCCNC(=O)[C@H](C)N1CCC[C@@H]1c1c(C)nn(C)c1OC. The fourth-order valence-corrected chi connectivity index (χ4v) is 3.57. The lowest BCUT2D eigenvalue weighted by Crippen LogP contribution is -2.45. The van der Waals surface area contributed by atoms with Gasteiger partial charge in [0.05, 0.1) is 24.4 Å². The number of methoxy groups -OCH3 is 2. The van der Waals surface area contributed by atoms with Crippen LogP contribution in [0, 0.1) is 6.92 Å². The summed E-state index contributed by atoms with van der Waals surface area (Å²) in [6.07, 6.45) is 2.92. The van der Waals surface area contributed by atoms with Gasteiger partial charge < -0.3 is 14.8 Å². The topological polar surface area (TPSA) is 68.6 Å². The molecule has 0 unspecified atom stereocenters. The number of likely N-dealkylation sites (tertiary alicyclic amines) is 1. The summed E-state index contributed by atoms with van der Waals surface area (Å²) in [6.45, 7) is 6.19. The van der Waals surface area contributed by atoms with Gasteiger partial charge in [-0.1, -0.05) is 0 Å². The maximum absolute atomic E-state index is 12.5. The molecular weight excluding hydrogens is 308 g/mol. The second kappa shape index (κ2) is 8.48. The second-order valence-corrected chi connectivity index (χ2v) is 6.34. The van der Waals surface area contributed by atoms with E-state index in [1.165, 1.54) is 0 Å². The normalized spacial score (nSPS) is 19.5. The van der Waals surface area contributed by atoms with E-state index in [4.69, 9.17) is 9.47 Å². The quantitative estimate of drug-likeness (QED) is 0.726. The highest BCUT2D eigenvalue weighted by molar-refractivity contribution is 5.81. The summed E-state index contributed by atoms with van der Waals surface area (Å²) < 4.78 is 12.3. The predicted molar refractivity (Wildman–Crippen MR) is 92.1 cm³/mol. The molecule has 1 saturated heterocycles. The van der Waals surface area contributed by atoms with Crippen molar-refractivity contribution in [2.75, 3.05) is 33.9 Å². The summed E-state index contributed by atoms with van der Waals surface area (Å²) in [5.41, 5.74) is 2.08. The fraction of sp³-hybridized carbons (Fsp3) is 0.765. The number of rotatable bonds is 8. The van der Waals surface area contributed by atoms with E-state index in [2.05, 4.69) is 15.3 Å². The first-order valence-corrected chi connectivity index (χ1v) is 8.61. The molecule has 2 atom stereocenters. The summed E-state index contributed by atoms with van der Waals surface area (Å²) in [5.74, 6) is 0.857. The van der Waals surface area contributed by atoms with E-state index in [0.29, 0.717) is 13.2 Å². The van der Waals surface area contributed by atoms with Gasteiger partial charge in [0.15, 0.2) is 0 Å². The van der Waals surface area contributed by atoms with Crippen LogP contribution < -0.4 is 10.1 Å². The third-order valence-electron chi connectivity index (χ3n) is 4.74. The van der Waals surface area contributed by atoms with E-state index in [9.17, 15) is 4.79 Å². The molecule has 0 radical (unpaired) electrons. The van der Waals surface area contributed by atoms with Gasteiger partial charge in [0, 0.05) is 33.4 Å². The number of aromatic nitrogens is 2. The Labute approximate surface area is 144 Å². The molecule has 1 aliphatic rings. The molecule has 0 aromatic carbocycles. The third-order valence-corrected chi connectivity index (χ3v) is 4.74. The molecule has 1 aromatic heterocycles. The number of carbonyl (C=O) groups excluding carboxylic acids is 1. The molecule has 136 valence electrons. The Bertz CT molecular complexity index is 558. The van der Waals surface area contributed by atoms with E-state index in [1.807, 2.05) is 20.9 Å². The average Bonchev–Trinajstić information content (AvgIpc) is 3.13. The van der Waals surface area contributed by atoms with Crippen LogP contribution in [0.1, 0.15) is 43.5 Å². The first-order valence-electron chi connectivity index (χ1n) is 8.61. The van der Waals surface area contributed by atoms with Crippen LogP contribution in [0.15, 0.2) is 0 Å². The van der Waals surface area contributed by atoms with E-state index in [0.717, 1.165) is 42.9 Å². The number of aryl methyl sites for hydroxylation is 2. The molecule has 0 aliphatic carbocycles. The van der Waals surface area contributed by atoms with Crippen LogP contribution in [0.2, 0.25) is 0 Å². The molecule has 7 nitrogen and oxygen atoms in total. The lowest BCUT2D eigenvalue weighted by molar-refractivity contribution is -0.126. The molecule has 2 rings (SSSR count). The van der Waals surface area contributed by atoms with Crippen LogP contribution >= 0.6 is 0 Å². The van der Waals surface area contributed by atoms with Crippen molar-refractivity contribution in [2.45, 2.75) is 45.2 Å². The van der Waals surface area contributed by atoms with E-state index in [1.54, 1.807) is 18.9 Å².